The van der Waals surface area contributed by atoms with Gasteiger partial charge in [-0.2, -0.15) is 0 Å². The fourth-order valence-electron chi connectivity index (χ4n) is 1.48. The molecule has 120 valence electrons. The highest BCUT2D eigenvalue weighted by atomic mass is 16.6. The number of hydrogen-bond acceptors (Lipinski definition) is 6. The minimum Gasteiger partial charge on any atom is -0.468 e. The SMILES string of the molecule is CO/C(=N/Cc1cccc([N+](=O)[O-])c1)NC(=O)OC(C)(C)C. The summed E-state index contributed by atoms with van der Waals surface area (Å²) in [7, 11) is 1.35. The highest BCUT2D eigenvalue weighted by Crippen LogP contribution is 2.13. The first-order chi connectivity index (χ1) is 10.2. The Hall–Kier alpha value is -2.64. The molecule has 1 rings (SSSR count). The number of benzene rings is 1. The molecule has 0 radical (unpaired) electrons. The lowest BCUT2D eigenvalue weighted by Crippen LogP contribution is -2.37. The molecule has 1 aromatic carbocycles. The monoisotopic (exact) mass is 309 g/mol. The first kappa shape index (κ1) is 17.4. The van der Waals surface area contributed by atoms with Crippen molar-refractivity contribution in [1.82, 2.24) is 5.32 Å². The number of aliphatic imine (C=N–C) groups is 1. The Bertz CT molecular complexity index is 578. The smallest absolute Gasteiger partial charge is 0.415 e. The molecule has 1 aromatic rings. The average Bonchev–Trinajstić information content (AvgIpc) is 2.41. The van der Waals surface area contributed by atoms with E-state index in [1.54, 1.807) is 32.9 Å². The second-order valence-electron chi connectivity index (χ2n) is 5.38. The van der Waals surface area contributed by atoms with Crippen LogP contribution in [0.4, 0.5) is 10.5 Å². The van der Waals surface area contributed by atoms with Crippen LogP contribution >= 0.6 is 0 Å². The number of amides is 1. The third-order valence-corrected chi connectivity index (χ3v) is 2.33. The molecule has 0 aliphatic heterocycles. The Kier molecular flexibility index (Phi) is 5.85. The quantitative estimate of drug-likeness (QED) is 0.400. The number of nitro benzene ring substituents is 1. The van der Waals surface area contributed by atoms with Crippen molar-refractivity contribution >= 4 is 17.8 Å². The summed E-state index contributed by atoms with van der Waals surface area (Å²) in [6.07, 6.45) is -0.688. The minimum absolute atomic E-state index is 0.0215. The lowest BCUT2D eigenvalue weighted by atomic mass is 10.2. The molecule has 0 spiro atoms. The van der Waals surface area contributed by atoms with Gasteiger partial charge in [-0.3, -0.25) is 10.1 Å². The Balaban J connectivity index is 2.71. The van der Waals surface area contributed by atoms with Crippen LogP contribution in [0.5, 0.6) is 0 Å². The fraction of sp³-hybridized carbons (Fsp3) is 0.429. The molecular weight excluding hydrogens is 290 g/mol. The van der Waals surface area contributed by atoms with Crippen molar-refractivity contribution in [3.8, 4) is 0 Å². The zero-order valence-electron chi connectivity index (χ0n) is 13.0. The van der Waals surface area contributed by atoms with E-state index in [1.165, 1.54) is 19.2 Å². The van der Waals surface area contributed by atoms with Crippen molar-refractivity contribution in [2.75, 3.05) is 7.11 Å². The third-order valence-electron chi connectivity index (χ3n) is 2.33. The molecule has 0 aliphatic rings. The zero-order chi connectivity index (χ0) is 16.8. The highest BCUT2D eigenvalue weighted by molar-refractivity contribution is 5.90. The van der Waals surface area contributed by atoms with E-state index in [0.717, 1.165) is 0 Å². The lowest BCUT2D eigenvalue weighted by Gasteiger charge is -2.19. The molecule has 22 heavy (non-hydrogen) atoms. The predicted octanol–water partition coefficient (Wildman–Crippen LogP) is 2.62. The number of ether oxygens (including phenoxy) is 2. The number of carbonyl (C=O) groups is 1. The molecule has 0 unspecified atom stereocenters. The molecule has 0 atom stereocenters. The number of rotatable bonds is 3. The average molecular weight is 309 g/mol. The van der Waals surface area contributed by atoms with Crippen LogP contribution in [0.1, 0.15) is 26.3 Å². The van der Waals surface area contributed by atoms with Gasteiger partial charge in [-0.15, -0.1) is 0 Å². The van der Waals surface area contributed by atoms with Gasteiger partial charge in [-0.05, 0) is 26.3 Å². The van der Waals surface area contributed by atoms with Crippen LogP contribution in [-0.4, -0.2) is 29.7 Å². The molecule has 0 saturated heterocycles. The van der Waals surface area contributed by atoms with Gasteiger partial charge in [0, 0.05) is 12.1 Å². The number of amidine groups is 1. The Labute approximate surface area is 128 Å². The molecule has 0 aromatic heterocycles. The van der Waals surface area contributed by atoms with E-state index in [0.29, 0.717) is 5.56 Å². The summed E-state index contributed by atoms with van der Waals surface area (Å²) in [5, 5.41) is 13.1. The maximum absolute atomic E-state index is 11.6. The molecule has 8 nitrogen and oxygen atoms in total. The molecule has 0 saturated carbocycles. The molecule has 1 amide bonds. The van der Waals surface area contributed by atoms with Crippen molar-refractivity contribution in [3.63, 3.8) is 0 Å². The number of nitrogens with zero attached hydrogens (tertiary/aromatic N) is 2. The van der Waals surface area contributed by atoms with Gasteiger partial charge in [0.1, 0.15) is 5.60 Å². The number of carbonyl (C=O) groups excluding carboxylic acids is 1. The number of methoxy groups -OCH3 is 1. The molecule has 8 heteroatoms. The zero-order valence-corrected chi connectivity index (χ0v) is 13.0. The number of non-ortho nitro benzene ring substituents is 1. The van der Waals surface area contributed by atoms with Crippen LogP contribution in [0.25, 0.3) is 0 Å². The van der Waals surface area contributed by atoms with Crippen molar-refractivity contribution in [3.05, 3.63) is 39.9 Å². The van der Waals surface area contributed by atoms with Gasteiger partial charge in [-0.25, -0.2) is 15.1 Å². The lowest BCUT2D eigenvalue weighted by molar-refractivity contribution is -0.384. The van der Waals surface area contributed by atoms with E-state index >= 15 is 0 Å². The number of nitrogens with one attached hydrogen (secondary N) is 1. The van der Waals surface area contributed by atoms with E-state index in [1.807, 2.05) is 0 Å². The normalized spacial score (nSPS) is 11.7. The second kappa shape index (κ2) is 7.39. The largest absolute Gasteiger partial charge is 0.468 e. The number of hydrogen-bond donors (Lipinski definition) is 1. The second-order valence-corrected chi connectivity index (χ2v) is 5.38. The first-order valence-corrected chi connectivity index (χ1v) is 6.53. The summed E-state index contributed by atoms with van der Waals surface area (Å²) in [4.78, 5) is 25.9. The highest BCUT2D eigenvalue weighted by Gasteiger charge is 2.17. The summed E-state index contributed by atoms with van der Waals surface area (Å²) in [5.41, 5.74) is -0.0373. The summed E-state index contributed by atoms with van der Waals surface area (Å²) in [6, 6.07) is 6.03. The van der Waals surface area contributed by atoms with Gasteiger partial charge in [0.25, 0.3) is 11.7 Å². The van der Waals surface area contributed by atoms with E-state index in [-0.39, 0.29) is 18.3 Å². The van der Waals surface area contributed by atoms with Crippen molar-refractivity contribution < 1.29 is 19.2 Å². The van der Waals surface area contributed by atoms with E-state index in [2.05, 4.69) is 10.3 Å². The Morgan fingerprint density at radius 2 is 2.09 bits per heavy atom. The van der Waals surface area contributed by atoms with Crippen molar-refractivity contribution in [2.24, 2.45) is 4.99 Å². The van der Waals surface area contributed by atoms with Crippen LogP contribution < -0.4 is 5.32 Å². The van der Waals surface area contributed by atoms with Gasteiger partial charge in [0.2, 0.25) is 0 Å². The van der Waals surface area contributed by atoms with Gasteiger partial charge in [-0.1, -0.05) is 12.1 Å². The first-order valence-electron chi connectivity index (χ1n) is 6.53. The fourth-order valence-corrected chi connectivity index (χ4v) is 1.48. The van der Waals surface area contributed by atoms with Crippen LogP contribution in [0.3, 0.4) is 0 Å². The topological polar surface area (TPSA) is 103 Å². The summed E-state index contributed by atoms with van der Waals surface area (Å²) in [6.45, 7) is 5.33. The van der Waals surface area contributed by atoms with Crippen LogP contribution in [-0.2, 0) is 16.0 Å². The molecular formula is C14H19N3O5. The summed E-state index contributed by atoms with van der Waals surface area (Å²) >= 11 is 0. The van der Waals surface area contributed by atoms with Gasteiger partial charge < -0.3 is 9.47 Å². The molecule has 0 heterocycles. The maximum atomic E-state index is 11.6. The summed E-state index contributed by atoms with van der Waals surface area (Å²) in [5.74, 6) is 0. The maximum Gasteiger partial charge on any atom is 0.415 e. The van der Waals surface area contributed by atoms with Crippen LogP contribution in [0.15, 0.2) is 29.3 Å². The summed E-state index contributed by atoms with van der Waals surface area (Å²) < 4.78 is 10.0. The van der Waals surface area contributed by atoms with E-state index < -0.39 is 16.6 Å². The molecule has 1 N–H and O–H groups in total. The predicted molar refractivity (Wildman–Crippen MR) is 80.6 cm³/mol. The van der Waals surface area contributed by atoms with Gasteiger partial charge in [0.15, 0.2) is 0 Å². The van der Waals surface area contributed by atoms with E-state index in [9.17, 15) is 14.9 Å². The molecule has 0 fully saturated rings. The number of nitro groups is 1. The third kappa shape index (κ3) is 6.21. The Morgan fingerprint density at radius 1 is 1.41 bits per heavy atom. The molecule has 0 aliphatic carbocycles. The Morgan fingerprint density at radius 3 is 2.64 bits per heavy atom. The van der Waals surface area contributed by atoms with E-state index in [4.69, 9.17) is 9.47 Å². The van der Waals surface area contributed by atoms with Crippen molar-refractivity contribution in [1.29, 1.82) is 0 Å². The minimum atomic E-state index is -0.688. The van der Waals surface area contributed by atoms with Crippen LogP contribution in [0, 0.1) is 10.1 Å². The van der Waals surface area contributed by atoms with Gasteiger partial charge in [0.05, 0.1) is 18.6 Å². The van der Waals surface area contributed by atoms with Crippen LogP contribution in [0.2, 0.25) is 0 Å². The van der Waals surface area contributed by atoms with Crippen molar-refractivity contribution in [2.45, 2.75) is 32.9 Å². The van der Waals surface area contributed by atoms with Gasteiger partial charge >= 0.3 is 6.09 Å². The number of alkyl carbamates (subject to hydrolysis) is 1. The molecule has 0 bridgehead atoms. The standard InChI is InChI=1S/C14H19N3O5/c1-14(2,3)22-13(18)16-12(21-4)15-9-10-6-5-7-11(8-10)17(19)20/h5-8H,9H2,1-4H3,(H,15,16,18).